The number of hydrogen-bond donors (Lipinski definition) is 2. The molecule has 2 atom stereocenters. The normalized spacial score (nSPS) is 22.6. The Morgan fingerprint density at radius 2 is 1.96 bits per heavy atom. The first-order valence-corrected chi connectivity index (χ1v) is 8.56. The maximum Gasteiger partial charge on any atom is 0.325 e. The lowest BCUT2D eigenvalue weighted by Gasteiger charge is -2.23. The molecule has 3 rings (SSSR count). The molecule has 2 aliphatic rings. The van der Waals surface area contributed by atoms with Gasteiger partial charge in [-0.3, -0.25) is 14.5 Å². The van der Waals surface area contributed by atoms with Gasteiger partial charge in [0.25, 0.3) is 5.91 Å². The highest BCUT2D eigenvalue weighted by Crippen LogP contribution is 2.37. The highest BCUT2D eigenvalue weighted by atomic mass is 16.7. The Labute approximate surface area is 151 Å². The summed E-state index contributed by atoms with van der Waals surface area (Å²) >= 11 is 0. The van der Waals surface area contributed by atoms with Gasteiger partial charge in [-0.2, -0.15) is 0 Å². The number of rotatable bonds is 5. The predicted octanol–water partition coefficient (Wildman–Crippen LogP) is 1.34. The lowest BCUT2D eigenvalue weighted by atomic mass is 9.91. The number of nitrogens with one attached hydrogen (secondary N) is 2. The van der Waals surface area contributed by atoms with Crippen molar-refractivity contribution in [1.82, 2.24) is 15.5 Å². The van der Waals surface area contributed by atoms with E-state index in [4.69, 9.17) is 9.47 Å². The molecule has 0 saturated carbocycles. The number of amides is 4. The Morgan fingerprint density at radius 1 is 1.27 bits per heavy atom. The molecule has 4 amide bonds. The molecule has 8 nitrogen and oxygen atoms in total. The van der Waals surface area contributed by atoms with Crippen LogP contribution < -0.4 is 20.1 Å². The first-order valence-electron chi connectivity index (χ1n) is 8.56. The van der Waals surface area contributed by atoms with Crippen LogP contribution in [0.2, 0.25) is 0 Å². The van der Waals surface area contributed by atoms with Crippen molar-refractivity contribution in [3.05, 3.63) is 23.8 Å². The second-order valence-corrected chi connectivity index (χ2v) is 7.11. The average Bonchev–Trinajstić information content (AvgIpc) is 3.13. The molecule has 0 spiro atoms. The van der Waals surface area contributed by atoms with Gasteiger partial charge < -0.3 is 20.1 Å². The molecule has 1 fully saturated rings. The summed E-state index contributed by atoms with van der Waals surface area (Å²) in [6, 6.07) is 4.43. The van der Waals surface area contributed by atoms with Crippen molar-refractivity contribution in [3.63, 3.8) is 0 Å². The maximum atomic E-state index is 12.9. The van der Waals surface area contributed by atoms with Gasteiger partial charge in [0.15, 0.2) is 11.5 Å². The van der Waals surface area contributed by atoms with E-state index in [1.807, 2.05) is 20.8 Å². The second-order valence-electron chi connectivity index (χ2n) is 7.11. The van der Waals surface area contributed by atoms with Crippen LogP contribution in [0.3, 0.4) is 0 Å². The Balaban J connectivity index is 1.77. The van der Waals surface area contributed by atoms with Crippen molar-refractivity contribution in [3.8, 4) is 11.5 Å². The van der Waals surface area contributed by atoms with Crippen molar-refractivity contribution in [2.75, 3.05) is 13.3 Å². The van der Waals surface area contributed by atoms with E-state index in [1.54, 1.807) is 25.1 Å². The van der Waals surface area contributed by atoms with E-state index >= 15 is 0 Å². The van der Waals surface area contributed by atoms with Gasteiger partial charge in [0.05, 0.1) is 0 Å². The molecule has 140 valence electrons. The van der Waals surface area contributed by atoms with Crippen LogP contribution in [0.1, 0.15) is 33.3 Å². The van der Waals surface area contributed by atoms with E-state index in [0.29, 0.717) is 17.1 Å². The van der Waals surface area contributed by atoms with Crippen LogP contribution >= 0.6 is 0 Å². The average molecular weight is 361 g/mol. The Morgan fingerprint density at radius 3 is 2.65 bits per heavy atom. The molecular weight excluding hydrogens is 338 g/mol. The van der Waals surface area contributed by atoms with Crippen LogP contribution in [-0.4, -0.2) is 42.1 Å². The van der Waals surface area contributed by atoms with Gasteiger partial charge in [-0.25, -0.2) is 4.79 Å². The van der Waals surface area contributed by atoms with Crippen molar-refractivity contribution in [2.24, 2.45) is 5.92 Å². The van der Waals surface area contributed by atoms with Crippen LogP contribution in [0.15, 0.2) is 18.2 Å². The summed E-state index contributed by atoms with van der Waals surface area (Å²) in [6.07, 6.45) is 0. The number of fused-ring (bicyclic) bond motifs is 1. The van der Waals surface area contributed by atoms with E-state index < -0.39 is 17.5 Å². The number of carbonyl (C=O) groups is 3. The zero-order chi connectivity index (χ0) is 19.1. The first-order chi connectivity index (χ1) is 12.2. The molecule has 1 aromatic carbocycles. The molecule has 2 heterocycles. The fourth-order valence-corrected chi connectivity index (χ4v) is 2.85. The quantitative estimate of drug-likeness (QED) is 0.772. The third-order valence-corrected chi connectivity index (χ3v) is 4.92. The largest absolute Gasteiger partial charge is 0.454 e. The van der Waals surface area contributed by atoms with Gasteiger partial charge in [-0.1, -0.05) is 19.9 Å². The first kappa shape index (κ1) is 18.0. The minimum Gasteiger partial charge on any atom is -0.454 e. The minimum atomic E-state index is -1.26. The number of carbonyl (C=O) groups excluding carboxylic acids is 3. The molecule has 1 saturated heterocycles. The predicted molar refractivity (Wildman–Crippen MR) is 92.6 cm³/mol. The summed E-state index contributed by atoms with van der Waals surface area (Å²) < 4.78 is 10.6. The topological polar surface area (TPSA) is 97.0 Å². The molecule has 8 heteroatoms. The highest BCUT2D eigenvalue weighted by molar-refractivity contribution is 6.09. The number of benzene rings is 1. The molecule has 0 aromatic heterocycles. The van der Waals surface area contributed by atoms with Gasteiger partial charge in [0.2, 0.25) is 12.7 Å². The number of ether oxygens (including phenoxy) is 2. The van der Waals surface area contributed by atoms with E-state index in [2.05, 4.69) is 10.6 Å². The number of imide groups is 1. The Bertz CT molecular complexity index is 763. The zero-order valence-corrected chi connectivity index (χ0v) is 15.3. The lowest BCUT2D eigenvalue weighted by Crippen LogP contribution is -2.46. The molecular formula is C18H23N3O5. The maximum absolute atomic E-state index is 12.9. The molecule has 0 unspecified atom stereocenters. The molecule has 26 heavy (non-hydrogen) atoms. The molecule has 1 aromatic rings. The van der Waals surface area contributed by atoms with Crippen molar-refractivity contribution in [2.45, 2.75) is 39.3 Å². The summed E-state index contributed by atoms with van der Waals surface area (Å²) in [7, 11) is 0. The number of nitrogens with zero attached hydrogens (tertiary/aromatic N) is 1. The standard InChI is InChI=1S/C18H23N3O5/c1-10(2)11(3)19-15(22)8-21-16(23)18(4,20-17(21)24)12-5-6-13-14(7-12)26-9-25-13/h5-7,10-11H,8-9H2,1-4H3,(H,19,22)(H,20,24)/t11-,18+/m1/s1. The van der Waals surface area contributed by atoms with Crippen molar-refractivity contribution in [1.29, 1.82) is 0 Å². The fourth-order valence-electron chi connectivity index (χ4n) is 2.85. The molecule has 0 bridgehead atoms. The minimum absolute atomic E-state index is 0.0523. The number of hydrogen-bond acceptors (Lipinski definition) is 5. The molecule has 2 aliphatic heterocycles. The second kappa shape index (κ2) is 6.51. The van der Waals surface area contributed by atoms with Gasteiger partial charge >= 0.3 is 6.03 Å². The van der Waals surface area contributed by atoms with Crippen LogP contribution in [-0.2, 0) is 15.1 Å². The third kappa shape index (κ3) is 3.07. The smallest absolute Gasteiger partial charge is 0.325 e. The van der Waals surface area contributed by atoms with Gasteiger partial charge in [0.1, 0.15) is 12.1 Å². The summed E-state index contributed by atoms with van der Waals surface area (Å²) in [6.45, 7) is 7.26. The van der Waals surface area contributed by atoms with E-state index in [0.717, 1.165) is 4.90 Å². The fraction of sp³-hybridized carbons (Fsp3) is 0.500. The summed E-state index contributed by atoms with van der Waals surface area (Å²) in [5.41, 5.74) is -0.694. The number of urea groups is 1. The third-order valence-electron chi connectivity index (χ3n) is 4.92. The van der Waals surface area contributed by atoms with E-state index in [9.17, 15) is 14.4 Å². The summed E-state index contributed by atoms with van der Waals surface area (Å²) in [5.74, 6) is 0.514. The Hall–Kier alpha value is -2.77. The summed E-state index contributed by atoms with van der Waals surface area (Å²) in [4.78, 5) is 38.3. The van der Waals surface area contributed by atoms with E-state index in [-0.39, 0.29) is 31.2 Å². The highest BCUT2D eigenvalue weighted by Gasteiger charge is 2.49. The molecule has 0 aliphatic carbocycles. The van der Waals surface area contributed by atoms with Crippen molar-refractivity contribution >= 4 is 17.8 Å². The Kier molecular flexibility index (Phi) is 4.52. The van der Waals surface area contributed by atoms with Crippen LogP contribution in [0, 0.1) is 5.92 Å². The van der Waals surface area contributed by atoms with Crippen LogP contribution in [0.25, 0.3) is 0 Å². The monoisotopic (exact) mass is 361 g/mol. The molecule has 2 N–H and O–H groups in total. The molecule has 0 radical (unpaired) electrons. The van der Waals surface area contributed by atoms with Crippen molar-refractivity contribution < 1.29 is 23.9 Å². The SMILES string of the molecule is CC(C)[C@@H](C)NC(=O)CN1C(=O)N[C@@](C)(c2ccc3c(c2)OCO3)C1=O. The van der Waals surface area contributed by atoms with Gasteiger partial charge in [-0.15, -0.1) is 0 Å². The zero-order valence-electron chi connectivity index (χ0n) is 15.3. The lowest BCUT2D eigenvalue weighted by molar-refractivity contribution is -0.135. The van der Waals surface area contributed by atoms with Gasteiger partial charge in [0, 0.05) is 6.04 Å². The van der Waals surface area contributed by atoms with Crippen LogP contribution in [0.4, 0.5) is 4.79 Å². The van der Waals surface area contributed by atoms with E-state index in [1.165, 1.54) is 0 Å². The van der Waals surface area contributed by atoms with Crippen LogP contribution in [0.5, 0.6) is 11.5 Å². The van der Waals surface area contributed by atoms with Gasteiger partial charge in [-0.05, 0) is 37.5 Å². The summed E-state index contributed by atoms with van der Waals surface area (Å²) in [5, 5.41) is 5.48.